The average molecular weight is 323 g/mol. The third kappa shape index (κ3) is 5.24. The van der Waals surface area contributed by atoms with Gasteiger partial charge in [0.25, 0.3) is 0 Å². The Kier molecular flexibility index (Phi) is 5.51. The Morgan fingerprint density at radius 2 is 2.33 bits per heavy atom. The number of rotatable bonds is 5. The van der Waals surface area contributed by atoms with Crippen LogP contribution in [0.2, 0.25) is 0 Å². The van der Waals surface area contributed by atoms with Gasteiger partial charge in [-0.15, -0.1) is 11.8 Å². The third-order valence-electron chi connectivity index (χ3n) is 2.95. The molecule has 0 bridgehead atoms. The number of hydrogen-bond acceptors (Lipinski definition) is 4. The van der Waals surface area contributed by atoms with Gasteiger partial charge in [0, 0.05) is 12.4 Å². The highest BCUT2D eigenvalue weighted by Crippen LogP contribution is 2.28. The lowest BCUT2D eigenvalue weighted by Crippen LogP contribution is -2.23. The molecule has 5 nitrogen and oxygen atoms in total. The Labute approximate surface area is 124 Å². The molecule has 0 aromatic carbocycles. The number of alkyl halides is 3. The van der Waals surface area contributed by atoms with Gasteiger partial charge in [-0.25, -0.2) is 4.98 Å². The number of carbonyl (C=O) groups is 1. The molecule has 2 rings (SSSR count). The molecule has 118 valence electrons. The molecule has 0 saturated carbocycles. The molecule has 0 radical (unpaired) electrons. The topological polar surface area (TPSA) is 67.0 Å². The molecule has 1 atom stereocenters. The van der Waals surface area contributed by atoms with Crippen LogP contribution in [0.25, 0.3) is 0 Å². The average Bonchev–Trinajstić information content (AvgIpc) is 2.88. The minimum atomic E-state index is -4.50. The summed E-state index contributed by atoms with van der Waals surface area (Å²) in [6.07, 6.45) is -0.494. The molecule has 21 heavy (non-hydrogen) atoms. The van der Waals surface area contributed by atoms with Gasteiger partial charge in [0.05, 0.1) is 18.1 Å². The van der Waals surface area contributed by atoms with E-state index < -0.39 is 11.9 Å². The zero-order valence-corrected chi connectivity index (χ0v) is 12.0. The van der Waals surface area contributed by atoms with E-state index in [1.807, 2.05) is 4.98 Å². The number of hydrogen-bond donors (Lipinski definition) is 2. The summed E-state index contributed by atoms with van der Waals surface area (Å²) in [5.74, 6) is 0.280. The first-order valence-electron chi connectivity index (χ1n) is 6.56. The molecule has 1 aliphatic heterocycles. The van der Waals surface area contributed by atoms with E-state index in [4.69, 9.17) is 4.74 Å². The molecule has 1 amide bonds. The van der Waals surface area contributed by atoms with Gasteiger partial charge in [-0.2, -0.15) is 13.2 Å². The summed E-state index contributed by atoms with van der Waals surface area (Å²) in [6.45, 7) is 0.754. The Morgan fingerprint density at radius 1 is 1.52 bits per heavy atom. The second-order valence-corrected chi connectivity index (χ2v) is 5.73. The third-order valence-corrected chi connectivity index (χ3v) is 4.02. The summed E-state index contributed by atoms with van der Waals surface area (Å²) in [5, 5.41) is 2.30. The number of carbonyl (C=O) groups excluding carboxylic acids is 1. The number of ether oxygens (including phenoxy) is 1. The van der Waals surface area contributed by atoms with Crippen LogP contribution in [0.5, 0.6) is 0 Å². The lowest BCUT2D eigenvalue weighted by molar-refractivity contribution is -0.140. The monoisotopic (exact) mass is 323 g/mol. The number of aromatic nitrogens is 2. The van der Waals surface area contributed by atoms with Gasteiger partial charge in [-0.3, -0.25) is 10.1 Å². The van der Waals surface area contributed by atoms with E-state index in [2.05, 4.69) is 10.3 Å². The van der Waals surface area contributed by atoms with E-state index >= 15 is 0 Å². The van der Waals surface area contributed by atoms with Crippen LogP contribution in [0, 0.1) is 0 Å². The molecule has 1 fully saturated rings. The maximum atomic E-state index is 12.3. The Hall–Kier alpha value is -1.22. The standard InChI is InChI=1S/C12H16F3N3O2S/c13-12(14,15)9-5-16-11(17-9)18-10(19)7-21-6-8-3-1-2-4-20-8/h5,8H,1-4,6-7H2,(H2,16,17,18,19). The van der Waals surface area contributed by atoms with Crippen LogP contribution >= 0.6 is 11.8 Å². The van der Waals surface area contributed by atoms with Crippen LogP contribution < -0.4 is 5.32 Å². The molecule has 2 N–H and O–H groups in total. The molecular formula is C12H16F3N3O2S. The summed E-state index contributed by atoms with van der Waals surface area (Å²) >= 11 is 1.40. The minimum absolute atomic E-state index is 0.155. The van der Waals surface area contributed by atoms with Gasteiger partial charge >= 0.3 is 6.18 Å². The number of imidazole rings is 1. The fourth-order valence-electron chi connectivity index (χ4n) is 1.92. The fourth-order valence-corrected chi connectivity index (χ4v) is 2.82. The van der Waals surface area contributed by atoms with Crippen molar-refractivity contribution in [3.05, 3.63) is 11.9 Å². The first kappa shape index (κ1) is 16.2. The summed E-state index contributed by atoms with van der Waals surface area (Å²) < 4.78 is 42.6. The van der Waals surface area contributed by atoms with E-state index in [0.29, 0.717) is 11.9 Å². The smallest absolute Gasteiger partial charge is 0.377 e. The van der Waals surface area contributed by atoms with Crippen LogP contribution in [0.15, 0.2) is 6.20 Å². The van der Waals surface area contributed by atoms with Gasteiger partial charge < -0.3 is 9.72 Å². The number of nitrogens with one attached hydrogen (secondary N) is 2. The summed E-state index contributed by atoms with van der Waals surface area (Å²) in [7, 11) is 0. The van der Waals surface area contributed by atoms with Gasteiger partial charge in [-0.05, 0) is 19.3 Å². The number of aromatic amines is 1. The number of anilines is 1. The maximum Gasteiger partial charge on any atom is 0.432 e. The van der Waals surface area contributed by atoms with Gasteiger partial charge in [-0.1, -0.05) is 0 Å². The quantitative estimate of drug-likeness (QED) is 0.874. The van der Waals surface area contributed by atoms with Crippen molar-refractivity contribution in [3.8, 4) is 0 Å². The SMILES string of the molecule is O=C(CSCC1CCCCO1)Nc1ncc(C(F)(F)F)[nH]1. The van der Waals surface area contributed by atoms with Gasteiger partial charge in [0.2, 0.25) is 11.9 Å². The van der Waals surface area contributed by atoms with Crippen molar-refractivity contribution in [1.29, 1.82) is 0 Å². The Bertz CT molecular complexity index is 473. The zero-order valence-electron chi connectivity index (χ0n) is 11.2. The van der Waals surface area contributed by atoms with Crippen LogP contribution in [-0.2, 0) is 15.7 Å². The molecule has 1 aromatic rings. The van der Waals surface area contributed by atoms with E-state index in [0.717, 1.165) is 25.9 Å². The highest BCUT2D eigenvalue weighted by atomic mass is 32.2. The Morgan fingerprint density at radius 3 is 2.95 bits per heavy atom. The van der Waals surface area contributed by atoms with Crippen molar-refractivity contribution >= 4 is 23.6 Å². The predicted molar refractivity (Wildman–Crippen MR) is 73.1 cm³/mol. The van der Waals surface area contributed by atoms with Crippen molar-refractivity contribution < 1.29 is 22.7 Å². The fraction of sp³-hybridized carbons (Fsp3) is 0.667. The van der Waals surface area contributed by atoms with Crippen LogP contribution in [0.4, 0.5) is 19.1 Å². The molecule has 1 aromatic heterocycles. The second-order valence-electron chi connectivity index (χ2n) is 4.70. The van der Waals surface area contributed by atoms with Crippen molar-refractivity contribution in [2.75, 3.05) is 23.4 Å². The van der Waals surface area contributed by atoms with E-state index in [1.54, 1.807) is 0 Å². The van der Waals surface area contributed by atoms with E-state index in [-0.39, 0.29) is 23.7 Å². The summed E-state index contributed by atoms with van der Waals surface area (Å²) in [6, 6.07) is 0. The normalized spacial score (nSPS) is 19.5. The number of thioether (sulfide) groups is 1. The number of nitrogens with zero attached hydrogens (tertiary/aromatic N) is 1. The predicted octanol–water partition coefficient (Wildman–Crippen LogP) is 2.67. The Balaban J connectivity index is 1.70. The zero-order chi connectivity index (χ0) is 15.3. The van der Waals surface area contributed by atoms with E-state index in [9.17, 15) is 18.0 Å². The molecular weight excluding hydrogens is 307 g/mol. The molecule has 1 unspecified atom stereocenters. The number of H-pyrrole nitrogens is 1. The van der Waals surface area contributed by atoms with Crippen LogP contribution in [-0.4, -0.2) is 40.1 Å². The van der Waals surface area contributed by atoms with Crippen molar-refractivity contribution in [2.45, 2.75) is 31.5 Å². The molecule has 2 heterocycles. The molecule has 1 saturated heterocycles. The molecule has 0 spiro atoms. The molecule has 1 aliphatic rings. The summed E-state index contributed by atoms with van der Waals surface area (Å²) in [5.41, 5.74) is -0.985. The highest BCUT2D eigenvalue weighted by Gasteiger charge is 2.33. The second kappa shape index (κ2) is 7.17. The lowest BCUT2D eigenvalue weighted by atomic mass is 10.1. The van der Waals surface area contributed by atoms with Crippen molar-refractivity contribution in [2.24, 2.45) is 0 Å². The van der Waals surface area contributed by atoms with Crippen LogP contribution in [0.1, 0.15) is 25.0 Å². The van der Waals surface area contributed by atoms with Gasteiger partial charge in [0.1, 0.15) is 5.69 Å². The summed E-state index contributed by atoms with van der Waals surface area (Å²) in [4.78, 5) is 17.1. The largest absolute Gasteiger partial charge is 0.432 e. The van der Waals surface area contributed by atoms with E-state index in [1.165, 1.54) is 11.8 Å². The van der Waals surface area contributed by atoms with Crippen LogP contribution in [0.3, 0.4) is 0 Å². The first-order chi connectivity index (χ1) is 9.95. The first-order valence-corrected chi connectivity index (χ1v) is 7.72. The molecule has 0 aliphatic carbocycles. The maximum absolute atomic E-state index is 12.3. The number of amides is 1. The van der Waals surface area contributed by atoms with Crippen molar-refractivity contribution in [3.63, 3.8) is 0 Å². The minimum Gasteiger partial charge on any atom is -0.377 e. The van der Waals surface area contributed by atoms with Crippen molar-refractivity contribution in [1.82, 2.24) is 9.97 Å². The molecule has 9 heteroatoms. The number of halogens is 3. The lowest BCUT2D eigenvalue weighted by Gasteiger charge is -2.21. The highest BCUT2D eigenvalue weighted by molar-refractivity contribution is 8.00. The van der Waals surface area contributed by atoms with Gasteiger partial charge in [0.15, 0.2) is 0 Å².